The largest absolute Gasteiger partial charge is 0.350 e. The quantitative estimate of drug-likeness (QED) is 0.525. The Balaban J connectivity index is 1.68. The lowest BCUT2D eigenvalue weighted by Gasteiger charge is -2.26. The predicted molar refractivity (Wildman–Crippen MR) is 118 cm³/mol. The second kappa shape index (κ2) is 9.18. The molecule has 1 N–H and O–H groups in total. The van der Waals surface area contributed by atoms with Crippen molar-refractivity contribution < 1.29 is 0 Å². The summed E-state index contributed by atoms with van der Waals surface area (Å²) in [6.07, 6.45) is 14.0. The summed E-state index contributed by atoms with van der Waals surface area (Å²) < 4.78 is 1.93. The van der Waals surface area contributed by atoms with E-state index in [9.17, 15) is 0 Å². The van der Waals surface area contributed by atoms with Crippen LogP contribution in [0.1, 0.15) is 65.9 Å². The Labute approximate surface area is 168 Å². The number of rotatable bonds is 6. The standard InChI is InChI=1S/C23H33N5/c1-16(2)21(25-17(3)4)8-6-7-19-13-14-28-22(19)15-24-23(27-28)26-20-11-9-18(5)10-12-20/h6,8,13-15,18,20H,7,9-12H2,1-5H3,(H,26,27)/b8-6-. The lowest BCUT2D eigenvalue weighted by molar-refractivity contribution is 0.360. The van der Waals surface area contributed by atoms with Crippen molar-refractivity contribution in [2.75, 3.05) is 5.32 Å². The third kappa shape index (κ3) is 5.31. The number of nitrogens with zero attached hydrogens (tertiary/aromatic N) is 4. The van der Waals surface area contributed by atoms with E-state index in [0.29, 0.717) is 6.04 Å². The van der Waals surface area contributed by atoms with Gasteiger partial charge in [-0.15, -0.1) is 5.10 Å². The van der Waals surface area contributed by atoms with Crippen LogP contribution in [0.5, 0.6) is 0 Å². The van der Waals surface area contributed by atoms with Crippen molar-refractivity contribution >= 4 is 17.2 Å². The molecule has 0 spiro atoms. The monoisotopic (exact) mass is 379 g/mol. The fraction of sp³-hybridized carbons (Fsp3) is 0.522. The third-order valence-electron chi connectivity index (χ3n) is 5.32. The van der Waals surface area contributed by atoms with Crippen LogP contribution in [-0.2, 0) is 6.42 Å². The Morgan fingerprint density at radius 1 is 1.21 bits per heavy atom. The van der Waals surface area contributed by atoms with Crippen LogP contribution in [0.2, 0.25) is 0 Å². The van der Waals surface area contributed by atoms with Crippen LogP contribution in [0.25, 0.3) is 5.52 Å². The normalized spacial score (nSPS) is 19.8. The van der Waals surface area contributed by atoms with Gasteiger partial charge >= 0.3 is 0 Å². The summed E-state index contributed by atoms with van der Waals surface area (Å²) in [5.41, 5.74) is 5.60. The highest BCUT2D eigenvalue weighted by Crippen LogP contribution is 2.25. The van der Waals surface area contributed by atoms with E-state index in [2.05, 4.69) is 59.4 Å². The molecule has 3 rings (SSSR count). The van der Waals surface area contributed by atoms with Crippen LogP contribution >= 0.6 is 0 Å². The number of hydrogen-bond acceptors (Lipinski definition) is 4. The van der Waals surface area contributed by atoms with E-state index >= 15 is 0 Å². The maximum absolute atomic E-state index is 4.66. The van der Waals surface area contributed by atoms with Crippen LogP contribution < -0.4 is 5.32 Å². The third-order valence-corrected chi connectivity index (χ3v) is 5.32. The first-order valence-electron chi connectivity index (χ1n) is 10.4. The second-order valence-corrected chi connectivity index (χ2v) is 8.40. The Morgan fingerprint density at radius 3 is 2.64 bits per heavy atom. The van der Waals surface area contributed by atoms with Gasteiger partial charge in [-0.25, -0.2) is 9.50 Å². The van der Waals surface area contributed by atoms with Crippen molar-refractivity contribution in [3.8, 4) is 0 Å². The van der Waals surface area contributed by atoms with E-state index < -0.39 is 0 Å². The maximum atomic E-state index is 4.66. The molecule has 5 nitrogen and oxygen atoms in total. The topological polar surface area (TPSA) is 54.6 Å². The van der Waals surface area contributed by atoms with Gasteiger partial charge in [0.2, 0.25) is 5.95 Å². The molecule has 0 bridgehead atoms. The fourth-order valence-corrected chi connectivity index (χ4v) is 3.63. The zero-order valence-corrected chi connectivity index (χ0v) is 17.9. The summed E-state index contributed by atoms with van der Waals surface area (Å²) in [7, 11) is 0. The summed E-state index contributed by atoms with van der Waals surface area (Å²) in [5, 5.41) is 8.17. The summed E-state index contributed by atoms with van der Waals surface area (Å²) >= 11 is 0. The molecule has 150 valence electrons. The molecule has 1 fully saturated rings. The minimum Gasteiger partial charge on any atom is -0.350 e. The molecule has 0 unspecified atom stereocenters. The highest BCUT2D eigenvalue weighted by molar-refractivity contribution is 5.80. The predicted octanol–water partition coefficient (Wildman–Crippen LogP) is 5.59. The Kier molecular flexibility index (Phi) is 6.65. The molecule has 1 aliphatic carbocycles. The first-order valence-corrected chi connectivity index (χ1v) is 10.4. The molecule has 0 atom stereocenters. The molecule has 0 amide bonds. The molecule has 0 aromatic carbocycles. The molecule has 2 aromatic heterocycles. The molecular weight excluding hydrogens is 346 g/mol. The first-order chi connectivity index (χ1) is 13.4. The zero-order chi connectivity index (χ0) is 20.1. The van der Waals surface area contributed by atoms with E-state index in [4.69, 9.17) is 0 Å². The zero-order valence-electron chi connectivity index (χ0n) is 17.9. The number of anilines is 1. The van der Waals surface area contributed by atoms with E-state index in [0.717, 1.165) is 35.2 Å². The van der Waals surface area contributed by atoms with Crippen LogP contribution in [-0.4, -0.2) is 26.4 Å². The van der Waals surface area contributed by atoms with Gasteiger partial charge in [0.05, 0.1) is 17.4 Å². The molecule has 1 aliphatic rings. The van der Waals surface area contributed by atoms with Gasteiger partial charge in [0, 0.05) is 18.0 Å². The summed E-state index contributed by atoms with van der Waals surface area (Å²) in [6, 6.07) is 2.62. The van der Waals surface area contributed by atoms with E-state index in [1.165, 1.54) is 36.8 Å². The van der Waals surface area contributed by atoms with Crippen LogP contribution in [0.4, 0.5) is 5.95 Å². The van der Waals surface area contributed by atoms with Gasteiger partial charge < -0.3 is 5.32 Å². The second-order valence-electron chi connectivity index (χ2n) is 8.40. The van der Waals surface area contributed by atoms with Crippen molar-refractivity contribution in [1.82, 2.24) is 14.6 Å². The van der Waals surface area contributed by atoms with Crippen molar-refractivity contribution in [2.24, 2.45) is 10.9 Å². The lowest BCUT2D eigenvalue weighted by Crippen LogP contribution is -2.26. The van der Waals surface area contributed by atoms with Crippen molar-refractivity contribution in [1.29, 1.82) is 0 Å². The molecule has 0 saturated heterocycles. The summed E-state index contributed by atoms with van der Waals surface area (Å²) in [4.78, 5) is 9.17. The molecule has 0 radical (unpaired) electrons. The molecule has 28 heavy (non-hydrogen) atoms. The van der Waals surface area contributed by atoms with Crippen LogP contribution in [0.3, 0.4) is 0 Å². The number of aliphatic imine (C=N–C) groups is 1. The van der Waals surface area contributed by atoms with Gasteiger partial charge in [-0.1, -0.05) is 18.6 Å². The van der Waals surface area contributed by atoms with Gasteiger partial charge in [0.15, 0.2) is 0 Å². The minimum absolute atomic E-state index is 0.497. The lowest BCUT2D eigenvalue weighted by atomic mass is 9.87. The van der Waals surface area contributed by atoms with Crippen molar-refractivity contribution in [3.05, 3.63) is 47.4 Å². The molecule has 2 heterocycles. The summed E-state index contributed by atoms with van der Waals surface area (Å²) in [6.45, 7) is 10.6. The fourth-order valence-electron chi connectivity index (χ4n) is 3.63. The van der Waals surface area contributed by atoms with Gasteiger partial charge in [-0.05, 0) is 83.4 Å². The Hall–Kier alpha value is -2.43. The van der Waals surface area contributed by atoms with Gasteiger partial charge in [-0.3, -0.25) is 4.99 Å². The average Bonchev–Trinajstić information content (AvgIpc) is 3.05. The number of hydrogen-bond donors (Lipinski definition) is 1. The molecule has 5 heteroatoms. The number of allylic oxidation sites excluding steroid dienone is 3. The number of fused-ring (bicyclic) bond motifs is 1. The minimum atomic E-state index is 0.497. The molecule has 1 saturated carbocycles. The smallest absolute Gasteiger partial charge is 0.241 e. The average molecular weight is 380 g/mol. The number of aromatic nitrogens is 3. The van der Waals surface area contributed by atoms with Gasteiger partial charge in [-0.2, -0.15) is 0 Å². The maximum Gasteiger partial charge on any atom is 0.241 e. The van der Waals surface area contributed by atoms with Crippen LogP contribution in [0.15, 0.2) is 46.9 Å². The van der Waals surface area contributed by atoms with Crippen LogP contribution in [0, 0.1) is 5.92 Å². The van der Waals surface area contributed by atoms with Crippen molar-refractivity contribution in [3.63, 3.8) is 0 Å². The van der Waals surface area contributed by atoms with E-state index in [1.54, 1.807) is 0 Å². The Bertz CT molecular complexity index is 887. The van der Waals surface area contributed by atoms with Crippen molar-refractivity contribution in [2.45, 2.75) is 72.8 Å². The molecule has 2 aromatic rings. The van der Waals surface area contributed by atoms with E-state index in [1.807, 2.05) is 30.8 Å². The molecule has 0 aliphatic heterocycles. The van der Waals surface area contributed by atoms with E-state index in [-0.39, 0.29) is 0 Å². The summed E-state index contributed by atoms with van der Waals surface area (Å²) in [5.74, 6) is 1.57. The Morgan fingerprint density at radius 2 is 1.96 bits per heavy atom. The van der Waals surface area contributed by atoms with Gasteiger partial charge in [0.25, 0.3) is 0 Å². The highest BCUT2D eigenvalue weighted by Gasteiger charge is 2.18. The van der Waals surface area contributed by atoms with Gasteiger partial charge in [0.1, 0.15) is 0 Å². The SMILES string of the molecule is CC(C)=NC(/C=C\Cc1ccn2nc(NC3CCC(C)CC3)ncc12)=C(C)C. The first kappa shape index (κ1) is 20.3. The number of nitrogens with one attached hydrogen (secondary N) is 1. The highest BCUT2D eigenvalue weighted by atomic mass is 15.3. The molecular formula is C23H33N5.